The molecule has 154 valence electrons. The highest BCUT2D eigenvalue weighted by atomic mass is 16.6. The Morgan fingerprint density at radius 1 is 1.21 bits per heavy atom. The molecule has 8 heteroatoms. The summed E-state index contributed by atoms with van der Waals surface area (Å²) >= 11 is 0. The summed E-state index contributed by atoms with van der Waals surface area (Å²) in [6.07, 6.45) is 2.34. The van der Waals surface area contributed by atoms with E-state index in [-0.39, 0.29) is 41.5 Å². The number of carbonyl (C=O) groups excluding carboxylic acids is 2. The van der Waals surface area contributed by atoms with Crippen molar-refractivity contribution in [2.24, 2.45) is 0 Å². The number of rotatable bonds is 6. The molecule has 2 heterocycles. The number of aromatic amines is 1. The fraction of sp³-hybridized carbons (Fsp3) is 0.381. The van der Waals surface area contributed by atoms with Gasteiger partial charge >= 0.3 is 6.09 Å². The van der Waals surface area contributed by atoms with Gasteiger partial charge in [0.05, 0.1) is 6.61 Å². The summed E-state index contributed by atoms with van der Waals surface area (Å²) in [6.45, 7) is 3.42. The summed E-state index contributed by atoms with van der Waals surface area (Å²) in [5.41, 5.74) is 0.764. The SMILES string of the molecule is CCOC(=O)N1CCC(NC(=O)c2cc(=O)c(OCc3ccccc3)c[nH]2)CC1. The number of hydrogen-bond acceptors (Lipinski definition) is 5. The van der Waals surface area contributed by atoms with Crippen LogP contribution in [0.2, 0.25) is 0 Å². The van der Waals surface area contributed by atoms with Crippen LogP contribution in [0.4, 0.5) is 4.79 Å². The molecule has 3 rings (SSSR count). The van der Waals surface area contributed by atoms with E-state index < -0.39 is 0 Å². The minimum atomic E-state index is -0.359. The Labute approximate surface area is 168 Å². The second-order valence-corrected chi connectivity index (χ2v) is 6.78. The zero-order valence-corrected chi connectivity index (χ0v) is 16.3. The van der Waals surface area contributed by atoms with Crippen LogP contribution in [0.25, 0.3) is 0 Å². The summed E-state index contributed by atoms with van der Waals surface area (Å²) in [6, 6.07) is 10.7. The monoisotopic (exact) mass is 399 g/mol. The maximum Gasteiger partial charge on any atom is 0.409 e. The number of ether oxygens (including phenoxy) is 2. The molecule has 1 aromatic carbocycles. The van der Waals surface area contributed by atoms with Gasteiger partial charge in [0.2, 0.25) is 5.43 Å². The highest BCUT2D eigenvalue weighted by Gasteiger charge is 2.25. The average molecular weight is 399 g/mol. The van der Waals surface area contributed by atoms with Crippen LogP contribution in [0, 0.1) is 0 Å². The predicted molar refractivity (Wildman–Crippen MR) is 107 cm³/mol. The second kappa shape index (κ2) is 9.77. The number of hydrogen-bond donors (Lipinski definition) is 2. The molecular weight excluding hydrogens is 374 g/mol. The fourth-order valence-corrected chi connectivity index (χ4v) is 3.12. The van der Waals surface area contributed by atoms with Crippen LogP contribution in [0.15, 0.2) is 47.4 Å². The Kier molecular flexibility index (Phi) is 6.89. The zero-order valence-electron chi connectivity index (χ0n) is 16.3. The van der Waals surface area contributed by atoms with Crippen molar-refractivity contribution >= 4 is 12.0 Å². The Balaban J connectivity index is 1.52. The highest BCUT2D eigenvalue weighted by Crippen LogP contribution is 2.12. The number of carbonyl (C=O) groups is 2. The molecule has 0 unspecified atom stereocenters. The molecule has 1 fully saturated rings. The maximum absolute atomic E-state index is 12.4. The van der Waals surface area contributed by atoms with Gasteiger partial charge in [0.1, 0.15) is 12.3 Å². The lowest BCUT2D eigenvalue weighted by Crippen LogP contribution is -2.46. The minimum absolute atomic E-state index is 0.0642. The number of piperidine rings is 1. The van der Waals surface area contributed by atoms with Crippen molar-refractivity contribution in [2.75, 3.05) is 19.7 Å². The van der Waals surface area contributed by atoms with E-state index in [0.717, 1.165) is 5.56 Å². The van der Waals surface area contributed by atoms with Crippen molar-refractivity contribution in [3.05, 3.63) is 64.1 Å². The first-order chi connectivity index (χ1) is 14.1. The van der Waals surface area contributed by atoms with Crippen molar-refractivity contribution in [3.63, 3.8) is 0 Å². The van der Waals surface area contributed by atoms with E-state index in [1.165, 1.54) is 12.3 Å². The minimum Gasteiger partial charge on any atom is -0.483 e. The highest BCUT2D eigenvalue weighted by molar-refractivity contribution is 5.92. The van der Waals surface area contributed by atoms with Gasteiger partial charge in [-0.25, -0.2) is 4.79 Å². The molecule has 1 saturated heterocycles. The fourth-order valence-electron chi connectivity index (χ4n) is 3.12. The third-order valence-electron chi connectivity index (χ3n) is 4.72. The van der Waals surface area contributed by atoms with E-state index in [1.54, 1.807) is 11.8 Å². The number of H-pyrrole nitrogens is 1. The van der Waals surface area contributed by atoms with Gasteiger partial charge in [-0.2, -0.15) is 0 Å². The van der Waals surface area contributed by atoms with Crippen LogP contribution in [0.1, 0.15) is 35.8 Å². The van der Waals surface area contributed by atoms with Gasteiger partial charge in [-0.1, -0.05) is 30.3 Å². The average Bonchev–Trinajstić information content (AvgIpc) is 2.74. The second-order valence-electron chi connectivity index (χ2n) is 6.78. The van der Waals surface area contributed by atoms with E-state index >= 15 is 0 Å². The Morgan fingerprint density at radius 2 is 1.93 bits per heavy atom. The van der Waals surface area contributed by atoms with Crippen molar-refractivity contribution in [1.82, 2.24) is 15.2 Å². The third-order valence-corrected chi connectivity index (χ3v) is 4.72. The normalized spacial score (nSPS) is 14.3. The molecule has 8 nitrogen and oxygen atoms in total. The number of likely N-dealkylation sites (tertiary alicyclic amines) is 1. The van der Waals surface area contributed by atoms with Crippen LogP contribution in [0.5, 0.6) is 5.75 Å². The van der Waals surface area contributed by atoms with Crippen molar-refractivity contribution in [3.8, 4) is 5.75 Å². The Hall–Kier alpha value is -3.29. The van der Waals surface area contributed by atoms with E-state index in [0.29, 0.717) is 32.5 Å². The lowest BCUT2D eigenvalue weighted by Gasteiger charge is -2.31. The molecular formula is C21H25N3O5. The van der Waals surface area contributed by atoms with Crippen LogP contribution < -0.4 is 15.5 Å². The maximum atomic E-state index is 12.4. The molecule has 0 atom stereocenters. The summed E-state index contributed by atoms with van der Waals surface area (Å²) < 4.78 is 10.5. The molecule has 0 spiro atoms. The molecule has 1 aliphatic heterocycles. The van der Waals surface area contributed by atoms with Crippen LogP contribution >= 0.6 is 0 Å². The first-order valence-electron chi connectivity index (χ1n) is 9.69. The molecule has 2 aromatic rings. The number of nitrogens with one attached hydrogen (secondary N) is 2. The van der Waals surface area contributed by atoms with Crippen LogP contribution in [-0.4, -0.2) is 47.6 Å². The largest absolute Gasteiger partial charge is 0.483 e. The van der Waals surface area contributed by atoms with E-state index in [9.17, 15) is 14.4 Å². The molecule has 1 aliphatic rings. The van der Waals surface area contributed by atoms with Crippen molar-refractivity contribution in [1.29, 1.82) is 0 Å². The van der Waals surface area contributed by atoms with Gasteiger partial charge in [-0.15, -0.1) is 0 Å². The molecule has 0 aliphatic carbocycles. The molecule has 1 aromatic heterocycles. The molecule has 0 radical (unpaired) electrons. The molecule has 0 saturated carbocycles. The van der Waals surface area contributed by atoms with Crippen molar-refractivity contribution in [2.45, 2.75) is 32.4 Å². The van der Waals surface area contributed by atoms with Gasteiger partial charge in [-0.3, -0.25) is 9.59 Å². The van der Waals surface area contributed by atoms with Gasteiger partial charge in [-0.05, 0) is 25.3 Å². The lowest BCUT2D eigenvalue weighted by atomic mass is 10.1. The van der Waals surface area contributed by atoms with Gasteiger partial charge in [0.25, 0.3) is 5.91 Å². The number of benzene rings is 1. The summed E-state index contributed by atoms with van der Waals surface area (Å²) in [5.74, 6) is -0.195. The topological polar surface area (TPSA) is 101 Å². The molecule has 2 N–H and O–H groups in total. The smallest absolute Gasteiger partial charge is 0.409 e. The Morgan fingerprint density at radius 3 is 2.59 bits per heavy atom. The summed E-state index contributed by atoms with van der Waals surface area (Å²) in [7, 11) is 0. The quantitative estimate of drug-likeness (QED) is 0.776. The predicted octanol–water partition coefficient (Wildman–Crippen LogP) is 2.30. The van der Waals surface area contributed by atoms with Crippen molar-refractivity contribution < 1.29 is 19.1 Å². The van der Waals surface area contributed by atoms with Gasteiger partial charge in [0.15, 0.2) is 5.75 Å². The number of pyridine rings is 1. The van der Waals surface area contributed by atoms with Crippen LogP contribution in [-0.2, 0) is 11.3 Å². The first-order valence-corrected chi connectivity index (χ1v) is 9.69. The zero-order chi connectivity index (χ0) is 20.6. The van der Waals surface area contributed by atoms with E-state index in [4.69, 9.17) is 9.47 Å². The molecule has 2 amide bonds. The summed E-state index contributed by atoms with van der Waals surface area (Å²) in [5, 5.41) is 2.90. The van der Waals surface area contributed by atoms with E-state index in [1.807, 2.05) is 30.3 Å². The molecule has 29 heavy (non-hydrogen) atoms. The third kappa shape index (κ3) is 5.60. The van der Waals surface area contributed by atoms with Gasteiger partial charge < -0.3 is 24.7 Å². The number of aromatic nitrogens is 1. The number of amides is 2. The Bertz CT molecular complexity index is 889. The first kappa shape index (κ1) is 20.4. The summed E-state index contributed by atoms with van der Waals surface area (Å²) in [4.78, 5) is 40.9. The lowest BCUT2D eigenvalue weighted by molar-refractivity contribution is 0.0856. The number of nitrogens with zero attached hydrogens (tertiary/aromatic N) is 1. The van der Waals surface area contributed by atoms with Gasteiger partial charge in [0, 0.05) is 31.4 Å². The van der Waals surface area contributed by atoms with E-state index in [2.05, 4.69) is 10.3 Å². The standard InChI is InChI=1S/C21H25N3O5/c1-2-28-21(27)24-10-8-16(9-11-24)23-20(26)17-12-18(25)19(13-22-17)29-14-15-6-4-3-5-7-15/h3-7,12-13,16H,2,8-11,14H2,1H3,(H,22,25)(H,23,26). The molecule has 0 bridgehead atoms. The van der Waals surface area contributed by atoms with Crippen LogP contribution in [0.3, 0.4) is 0 Å².